The van der Waals surface area contributed by atoms with Crippen LogP contribution in [0.15, 0.2) is 54.7 Å². The Hall–Kier alpha value is -3.61. The van der Waals surface area contributed by atoms with Crippen LogP contribution in [0.4, 0.5) is 5.69 Å². The lowest BCUT2D eigenvalue weighted by Gasteiger charge is -2.07. The maximum absolute atomic E-state index is 12.3. The molecule has 138 valence electrons. The van der Waals surface area contributed by atoms with E-state index in [2.05, 4.69) is 10.1 Å². The van der Waals surface area contributed by atoms with Gasteiger partial charge in [0, 0.05) is 29.8 Å². The Balaban J connectivity index is 1.60. The van der Waals surface area contributed by atoms with E-state index in [1.54, 1.807) is 18.3 Å². The van der Waals surface area contributed by atoms with Crippen molar-refractivity contribution in [1.82, 2.24) is 4.57 Å². The second kappa shape index (κ2) is 7.74. The number of amides is 1. The molecule has 3 rings (SSSR count). The molecule has 1 aromatic heterocycles. The number of esters is 2. The molecular weight excluding hydrogens is 348 g/mol. The summed E-state index contributed by atoms with van der Waals surface area (Å²) < 4.78 is 11.6. The number of rotatable bonds is 5. The molecule has 2 aromatic carbocycles. The summed E-state index contributed by atoms with van der Waals surface area (Å²) in [6.07, 6.45) is 1.68. The fourth-order valence-corrected chi connectivity index (χ4v) is 2.72. The van der Waals surface area contributed by atoms with Crippen LogP contribution in [0.2, 0.25) is 0 Å². The van der Waals surface area contributed by atoms with E-state index in [-0.39, 0.29) is 0 Å². The molecule has 1 N–H and O–H groups in total. The van der Waals surface area contributed by atoms with Crippen LogP contribution >= 0.6 is 0 Å². The second-order valence-corrected chi connectivity index (χ2v) is 5.86. The molecule has 1 amide bonds. The molecule has 7 nitrogen and oxygen atoms in total. The average molecular weight is 366 g/mol. The highest BCUT2D eigenvalue weighted by atomic mass is 16.5. The number of carbonyl (C=O) groups is 3. The van der Waals surface area contributed by atoms with Gasteiger partial charge in [0.05, 0.1) is 18.2 Å². The number of benzene rings is 2. The highest BCUT2D eigenvalue weighted by Crippen LogP contribution is 2.21. The molecule has 0 bridgehead atoms. The van der Waals surface area contributed by atoms with Crippen LogP contribution in [0.5, 0.6) is 0 Å². The Morgan fingerprint density at radius 3 is 2.41 bits per heavy atom. The molecule has 0 spiro atoms. The van der Waals surface area contributed by atoms with Gasteiger partial charge in [0.1, 0.15) is 0 Å². The Kier molecular flexibility index (Phi) is 5.21. The minimum atomic E-state index is -0.567. The van der Waals surface area contributed by atoms with Crippen LogP contribution in [0.1, 0.15) is 20.7 Å². The van der Waals surface area contributed by atoms with Crippen LogP contribution in [0.3, 0.4) is 0 Å². The van der Waals surface area contributed by atoms with Gasteiger partial charge in [0.2, 0.25) is 0 Å². The topological polar surface area (TPSA) is 86.6 Å². The van der Waals surface area contributed by atoms with E-state index in [1.165, 1.54) is 19.2 Å². The standard InChI is InChI=1S/C20H18N2O5/c1-22-11-16(15-5-3-4-6-17(15)22)20(25)27-12-18(23)21-14-9-7-13(8-10-14)19(24)26-2/h3-11H,12H2,1-2H3,(H,21,23). The molecule has 3 aromatic rings. The third kappa shape index (κ3) is 3.98. The molecule has 0 aliphatic carbocycles. The number of hydrogen-bond donors (Lipinski definition) is 1. The summed E-state index contributed by atoms with van der Waals surface area (Å²) in [5, 5.41) is 3.37. The first-order valence-corrected chi connectivity index (χ1v) is 8.19. The fourth-order valence-electron chi connectivity index (χ4n) is 2.72. The van der Waals surface area contributed by atoms with E-state index >= 15 is 0 Å². The Morgan fingerprint density at radius 2 is 1.70 bits per heavy atom. The summed E-state index contributed by atoms with van der Waals surface area (Å²) in [7, 11) is 3.13. The van der Waals surface area contributed by atoms with Gasteiger partial charge in [-0.3, -0.25) is 4.79 Å². The van der Waals surface area contributed by atoms with E-state index in [1.807, 2.05) is 35.9 Å². The molecular formula is C20H18N2O5. The van der Waals surface area contributed by atoms with Crippen molar-refractivity contribution in [3.63, 3.8) is 0 Å². The summed E-state index contributed by atoms with van der Waals surface area (Å²) in [5.74, 6) is -1.51. The summed E-state index contributed by atoms with van der Waals surface area (Å²) in [6, 6.07) is 13.6. The fraction of sp³-hybridized carbons (Fsp3) is 0.150. The highest BCUT2D eigenvalue weighted by molar-refractivity contribution is 6.05. The van der Waals surface area contributed by atoms with E-state index in [0.717, 1.165) is 10.9 Å². The molecule has 1 heterocycles. The van der Waals surface area contributed by atoms with Gasteiger partial charge in [-0.05, 0) is 30.3 Å². The van der Waals surface area contributed by atoms with Crippen molar-refractivity contribution < 1.29 is 23.9 Å². The molecule has 0 radical (unpaired) electrons. The summed E-state index contributed by atoms with van der Waals surface area (Å²) in [4.78, 5) is 35.7. The van der Waals surface area contributed by atoms with Crippen molar-refractivity contribution >= 4 is 34.4 Å². The Morgan fingerprint density at radius 1 is 1.00 bits per heavy atom. The molecule has 0 fully saturated rings. The van der Waals surface area contributed by atoms with Crippen molar-refractivity contribution in [2.24, 2.45) is 7.05 Å². The van der Waals surface area contributed by atoms with E-state index in [4.69, 9.17) is 4.74 Å². The first kappa shape index (κ1) is 18.2. The van der Waals surface area contributed by atoms with Gasteiger partial charge >= 0.3 is 11.9 Å². The van der Waals surface area contributed by atoms with E-state index in [0.29, 0.717) is 16.8 Å². The van der Waals surface area contributed by atoms with Gasteiger partial charge in [-0.1, -0.05) is 18.2 Å². The van der Waals surface area contributed by atoms with Gasteiger partial charge in [-0.25, -0.2) is 9.59 Å². The number of hydrogen-bond acceptors (Lipinski definition) is 5. The maximum Gasteiger partial charge on any atom is 0.340 e. The predicted octanol–water partition coefficient (Wildman–Crippen LogP) is 2.76. The van der Waals surface area contributed by atoms with Crippen molar-refractivity contribution in [1.29, 1.82) is 0 Å². The lowest BCUT2D eigenvalue weighted by atomic mass is 10.2. The van der Waals surface area contributed by atoms with Gasteiger partial charge in [-0.2, -0.15) is 0 Å². The molecule has 27 heavy (non-hydrogen) atoms. The van der Waals surface area contributed by atoms with Crippen LogP contribution in [-0.4, -0.2) is 36.1 Å². The van der Waals surface area contributed by atoms with Crippen LogP contribution < -0.4 is 5.32 Å². The first-order valence-electron chi connectivity index (χ1n) is 8.19. The van der Waals surface area contributed by atoms with Crippen molar-refractivity contribution in [2.75, 3.05) is 19.0 Å². The van der Waals surface area contributed by atoms with Gasteiger partial charge in [0.15, 0.2) is 6.61 Å². The van der Waals surface area contributed by atoms with Crippen LogP contribution in [0.25, 0.3) is 10.9 Å². The number of para-hydroxylation sites is 1. The largest absolute Gasteiger partial charge is 0.465 e. The summed E-state index contributed by atoms with van der Waals surface area (Å²) in [5.41, 5.74) is 2.16. The lowest BCUT2D eigenvalue weighted by molar-refractivity contribution is -0.119. The van der Waals surface area contributed by atoms with Crippen LogP contribution in [0, 0.1) is 0 Å². The number of methoxy groups -OCH3 is 1. The number of fused-ring (bicyclic) bond motifs is 1. The molecule has 0 saturated heterocycles. The highest BCUT2D eigenvalue weighted by Gasteiger charge is 2.16. The molecule has 0 saturated carbocycles. The van der Waals surface area contributed by atoms with Crippen molar-refractivity contribution in [3.8, 4) is 0 Å². The normalized spacial score (nSPS) is 10.4. The third-order valence-corrected chi connectivity index (χ3v) is 4.04. The molecule has 0 unspecified atom stereocenters. The minimum absolute atomic E-state index is 0.373. The number of carbonyl (C=O) groups excluding carboxylic acids is 3. The number of aromatic nitrogens is 1. The molecule has 7 heteroatoms. The van der Waals surface area contributed by atoms with E-state index in [9.17, 15) is 14.4 Å². The molecule has 0 aliphatic rings. The SMILES string of the molecule is COC(=O)c1ccc(NC(=O)COC(=O)c2cn(C)c3ccccc23)cc1. The summed E-state index contributed by atoms with van der Waals surface area (Å²) >= 11 is 0. The number of ether oxygens (including phenoxy) is 2. The molecule has 0 atom stereocenters. The van der Waals surface area contributed by atoms with Gasteiger partial charge in [0.25, 0.3) is 5.91 Å². The van der Waals surface area contributed by atoms with Crippen molar-refractivity contribution in [3.05, 3.63) is 65.9 Å². The second-order valence-electron chi connectivity index (χ2n) is 5.86. The van der Waals surface area contributed by atoms with E-state index < -0.39 is 24.5 Å². The quantitative estimate of drug-likeness (QED) is 0.702. The average Bonchev–Trinajstić information content (AvgIpc) is 3.03. The monoisotopic (exact) mass is 366 g/mol. The molecule has 0 aliphatic heterocycles. The zero-order valence-corrected chi connectivity index (χ0v) is 14.9. The summed E-state index contributed by atoms with van der Waals surface area (Å²) in [6.45, 7) is -0.416. The number of anilines is 1. The Bertz CT molecular complexity index is 1000. The predicted molar refractivity (Wildman–Crippen MR) is 99.6 cm³/mol. The lowest BCUT2D eigenvalue weighted by Crippen LogP contribution is -2.20. The zero-order chi connectivity index (χ0) is 19.4. The van der Waals surface area contributed by atoms with Crippen molar-refractivity contribution in [2.45, 2.75) is 0 Å². The first-order chi connectivity index (χ1) is 13.0. The minimum Gasteiger partial charge on any atom is -0.465 e. The van der Waals surface area contributed by atoms with Gasteiger partial charge < -0.3 is 19.4 Å². The zero-order valence-electron chi connectivity index (χ0n) is 14.9. The number of nitrogens with zero attached hydrogens (tertiary/aromatic N) is 1. The third-order valence-electron chi connectivity index (χ3n) is 4.04. The smallest absolute Gasteiger partial charge is 0.340 e. The number of aryl methyl sites for hydroxylation is 1. The Labute approximate surface area is 155 Å². The van der Waals surface area contributed by atoms with Crippen LogP contribution in [-0.2, 0) is 21.3 Å². The number of nitrogens with one attached hydrogen (secondary N) is 1. The van der Waals surface area contributed by atoms with Gasteiger partial charge in [-0.15, -0.1) is 0 Å². The maximum atomic E-state index is 12.3.